The first-order valence-electron chi connectivity index (χ1n) is 11.5. The summed E-state index contributed by atoms with van der Waals surface area (Å²) in [6, 6.07) is 5.29. The van der Waals surface area contributed by atoms with E-state index < -0.39 is 16.2 Å². The summed E-state index contributed by atoms with van der Waals surface area (Å²) in [6.07, 6.45) is 5.72. The fraction of sp³-hybridized carbons (Fsp3) is 0.565. The molecule has 9 nitrogen and oxygen atoms in total. The molecule has 0 bridgehead atoms. The van der Waals surface area contributed by atoms with Crippen molar-refractivity contribution in [2.24, 2.45) is 0 Å². The third kappa shape index (κ3) is 6.54. The molecule has 1 fully saturated rings. The van der Waals surface area contributed by atoms with Crippen LogP contribution in [0.15, 0.2) is 23.6 Å². The van der Waals surface area contributed by atoms with Crippen LogP contribution in [-0.4, -0.2) is 60.5 Å². The molecule has 0 saturated carbocycles. The second-order valence-corrected chi connectivity index (χ2v) is 11.0. The Balaban J connectivity index is 1.35. The Hall–Kier alpha value is -2.05. The number of hydrogen-bond acceptors (Lipinski definition) is 9. The van der Waals surface area contributed by atoms with Crippen LogP contribution in [0.5, 0.6) is 5.75 Å². The molecule has 2 unspecified atom stereocenters. The van der Waals surface area contributed by atoms with Gasteiger partial charge in [0, 0.05) is 30.6 Å². The van der Waals surface area contributed by atoms with E-state index in [2.05, 4.69) is 0 Å². The van der Waals surface area contributed by atoms with Crippen LogP contribution in [0, 0.1) is 0 Å². The van der Waals surface area contributed by atoms with Gasteiger partial charge >= 0.3 is 0 Å². The Bertz CT molecular complexity index is 1200. The number of fused-ring (bicyclic) bond motifs is 1. The molecule has 1 saturated heterocycles. The lowest BCUT2D eigenvalue weighted by Crippen LogP contribution is -2.19. The lowest BCUT2D eigenvalue weighted by Gasteiger charge is -2.23. The Morgan fingerprint density at radius 3 is 2.94 bits per heavy atom. The fourth-order valence-electron chi connectivity index (χ4n) is 4.01. The zero-order chi connectivity index (χ0) is 24.1. The molecule has 186 valence electrons. The van der Waals surface area contributed by atoms with E-state index in [-0.39, 0.29) is 12.0 Å². The van der Waals surface area contributed by atoms with E-state index in [1.54, 1.807) is 19.1 Å². The molecule has 2 aromatic heterocycles. The van der Waals surface area contributed by atoms with E-state index in [1.807, 2.05) is 16.1 Å². The number of phenolic OH excluding ortho intramolecular Hbond substituents is 1. The maximum Gasteiger partial charge on any atom is 0.264 e. The zero-order valence-electron chi connectivity index (χ0n) is 19.5. The van der Waals surface area contributed by atoms with Crippen molar-refractivity contribution in [3.63, 3.8) is 0 Å². The zero-order valence-corrected chi connectivity index (χ0v) is 21.1. The average Bonchev–Trinajstić information content (AvgIpc) is 3.40. The maximum absolute atomic E-state index is 11.1. The van der Waals surface area contributed by atoms with Crippen LogP contribution in [0.1, 0.15) is 50.9 Å². The van der Waals surface area contributed by atoms with Crippen molar-refractivity contribution < 1.29 is 27.2 Å². The summed E-state index contributed by atoms with van der Waals surface area (Å²) in [7, 11) is -3.44. The number of rotatable bonds is 11. The van der Waals surface area contributed by atoms with Crippen LogP contribution >= 0.6 is 11.3 Å². The highest BCUT2D eigenvalue weighted by molar-refractivity contribution is 7.86. The third-order valence-electron chi connectivity index (χ3n) is 5.60. The standard InChI is InChI=1S/C23H31N3O6S2/c1-16(32-34(2,28)29)10-13-30-11-5-6-17-15-33-23(24-17)22-19-14-18(27)8-9-20(19)26(25-22)21-7-3-4-12-31-21/h8-9,14-16,21,27H,3-7,10-13H2,1-2H3. The highest BCUT2D eigenvalue weighted by Crippen LogP contribution is 2.35. The number of nitrogens with zero attached hydrogens (tertiary/aromatic N) is 3. The normalized spacial score (nSPS) is 17.9. The number of ether oxygens (including phenoxy) is 2. The predicted molar refractivity (Wildman–Crippen MR) is 130 cm³/mol. The number of aromatic hydroxyl groups is 1. The van der Waals surface area contributed by atoms with Gasteiger partial charge in [-0.25, -0.2) is 9.67 Å². The van der Waals surface area contributed by atoms with Gasteiger partial charge < -0.3 is 14.6 Å². The van der Waals surface area contributed by atoms with Gasteiger partial charge in [-0.15, -0.1) is 11.3 Å². The topological polar surface area (TPSA) is 113 Å². The molecule has 11 heteroatoms. The molecule has 1 N–H and O–H groups in total. The molecule has 1 aliphatic rings. The van der Waals surface area contributed by atoms with Crippen LogP contribution in [0.25, 0.3) is 21.6 Å². The number of phenols is 1. The van der Waals surface area contributed by atoms with Crippen LogP contribution in [-0.2, 0) is 30.2 Å². The Morgan fingerprint density at radius 2 is 2.18 bits per heavy atom. The molecule has 3 heterocycles. The Kier molecular flexibility index (Phi) is 8.20. The van der Waals surface area contributed by atoms with E-state index in [0.717, 1.165) is 72.3 Å². The molecule has 0 radical (unpaired) electrons. The van der Waals surface area contributed by atoms with E-state index in [0.29, 0.717) is 19.6 Å². The SMILES string of the molecule is CC(CCOCCCc1csc(-c2nn(C3CCCCO3)c3ccc(O)cc23)n1)OS(C)(=O)=O. The van der Waals surface area contributed by atoms with Crippen molar-refractivity contribution in [2.45, 2.75) is 57.8 Å². The van der Waals surface area contributed by atoms with E-state index >= 15 is 0 Å². The first-order valence-corrected chi connectivity index (χ1v) is 14.2. The molecule has 34 heavy (non-hydrogen) atoms. The summed E-state index contributed by atoms with van der Waals surface area (Å²) in [6.45, 7) is 3.44. The Morgan fingerprint density at radius 1 is 1.32 bits per heavy atom. The van der Waals surface area contributed by atoms with Crippen LogP contribution in [0.4, 0.5) is 0 Å². The molecule has 0 aliphatic carbocycles. The van der Waals surface area contributed by atoms with Gasteiger partial charge in [0.2, 0.25) is 0 Å². The largest absolute Gasteiger partial charge is 0.508 e. The van der Waals surface area contributed by atoms with Crippen molar-refractivity contribution in [3.8, 4) is 16.5 Å². The van der Waals surface area contributed by atoms with Crippen molar-refractivity contribution in [1.29, 1.82) is 0 Å². The summed E-state index contributed by atoms with van der Waals surface area (Å²) in [5.41, 5.74) is 2.65. The van der Waals surface area contributed by atoms with Gasteiger partial charge in [-0.3, -0.25) is 4.18 Å². The minimum Gasteiger partial charge on any atom is -0.508 e. The van der Waals surface area contributed by atoms with Gasteiger partial charge in [-0.1, -0.05) is 0 Å². The fourth-order valence-corrected chi connectivity index (χ4v) is 5.55. The predicted octanol–water partition coefficient (Wildman–Crippen LogP) is 4.27. The van der Waals surface area contributed by atoms with Gasteiger partial charge in [0.15, 0.2) is 6.23 Å². The minimum absolute atomic E-state index is 0.100. The molecule has 0 amide bonds. The monoisotopic (exact) mass is 509 g/mol. The van der Waals surface area contributed by atoms with E-state index in [9.17, 15) is 13.5 Å². The van der Waals surface area contributed by atoms with Gasteiger partial charge in [-0.2, -0.15) is 13.5 Å². The summed E-state index contributed by atoms with van der Waals surface area (Å²) in [4.78, 5) is 4.78. The summed E-state index contributed by atoms with van der Waals surface area (Å²) in [5.74, 6) is 0.197. The highest BCUT2D eigenvalue weighted by atomic mass is 32.2. The molecule has 3 aromatic rings. The smallest absolute Gasteiger partial charge is 0.264 e. The summed E-state index contributed by atoms with van der Waals surface area (Å²) >= 11 is 1.54. The molecular weight excluding hydrogens is 478 g/mol. The van der Waals surface area contributed by atoms with Crippen molar-refractivity contribution in [3.05, 3.63) is 29.3 Å². The number of thiazole rings is 1. The van der Waals surface area contributed by atoms with Crippen molar-refractivity contribution >= 4 is 32.4 Å². The quantitative estimate of drug-likeness (QED) is 0.301. The molecule has 1 aromatic carbocycles. The van der Waals surface area contributed by atoms with E-state index in [1.165, 1.54) is 11.3 Å². The minimum atomic E-state index is -3.44. The second-order valence-electron chi connectivity index (χ2n) is 8.58. The van der Waals surface area contributed by atoms with Crippen molar-refractivity contribution in [1.82, 2.24) is 14.8 Å². The first-order chi connectivity index (χ1) is 16.3. The van der Waals surface area contributed by atoms with Crippen LogP contribution in [0.3, 0.4) is 0 Å². The number of benzene rings is 1. The van der Waals surface area contributed by atoms with E-state index in [4.69, 9.17) is 23.7 Å². The molecule has 1 aliphatic heterocycles. The van der Waals surface area contributed by atoms with Crippen molar-refractivity contribution in [2.75, 3.05) is 26.1 Å². The van der Waals surface area contributed by atoms with Crippen LogP contribution < -0.4 is 0 Å². The first kappa shape index (κ1) is 25.1. The Labute approximate surface area is 203 Å². The number of aryl methyl sites for hydroxylation is 1. The number of hydrogen-bond donors (Lipinski definition) is 1. The molecule has 4 rings (SSSR count). The van der Waals surface area contributed by atoms with Crippen LogP contribution in [0.2, 0.25) is 0 Å². The average molecular weight is 510 g/mol. The van der Waals surface area contributed by atoms with Gasteiger partial charge in [0.25, 0.3) is 10.1 Å². The number of aromatic nitrogens is 3. The van der Waals surface area contributed by atoms with Gasteiger partial charge in [-0.05, 0) is 63.6 Å². The summed E-state index contributed by atoms with van der Waals surface area (Å²) < 4.78 is 40.6. The third-order valence-corrected chi connectivity index (χ3v) is 7.18. The molecule has 0 spiro atoms. The highest BCUT2D eigenvalue weighted by Gasteiger charge is 2.23. The maximum atomic E-state index is 11.1. The molecule has 2 atom stereocenters. The summed E-state index contributed by atoms with van der Waals surface area (Å²) in [5, 5.41) is 18.6. The lowest BCUT2D eigenvalue weighted by atomic mass is 10.1. The van der Waals surface area contributed by atoms with Gasteiger partial charge in [0.1, 0.15) is 16.5 Å². The van der Waals surface area contributed by atoms with Gasteiger partial charge in [0.05, 0.1) is 23.6 Å². The second kappa shape index (κ2) is 11.1. The lowest BCUT2D eigenvalue weighted by molar-refractivity contribution is -0.0365. The molecular formula is C23H31N3O6S2.